The number of thiophene rings is 1. The molecule has 0 aliphatic carbocycles. The maximum atomic E-state index is 13.4. The van der Waals surface area contributed by atoms with E-state index in [0.717, 1.165) is 0 Å². The van der Waals surface area contributed by atoms with Crippen molar-refractivity contribution < 1.29 is 18.7 Å². The molecule has 0 bridgehead atoms. The van der Waals surface area contributed by atoms with Crippen LogP contribution in [0.1, 0.15) is 16.6 Å². The molecule has 2 rings (SSSR count). The summed E-state index contributed by atoms with van der Waals surface area (Å²) in [7, 11) is 1.64. The van der Waals surface area contributed by atoms with Gasteiger partial charge in [0, 0.05) is 14.0 Å². The number of nitrogens with one attached hydrogen (secondary N) is 1. The molecule has 7 heteroatoms. The second-order valence-corrected chi connectivity index (χ2v) is 5.93. The zero-order valence-corrected chi connectivity index (χ0v) is 13.7. The Hall–Kier alpha value is -2.41. The summed E-state index contributed by atoms with van der Waals surface area (Å²) in [6.45, 7) is 1.92. The van der Waals surface area contributed by atoms with Crippen molar-refractivity contribution in [3.63, 3.8) is 0 Å². The largest absolute Gasteiger partial charge is 0.489 e. The van der Waals surface area contributed by atoms with E-state index >= 15 is 0 Å². The van der Waals surface area contributed by atoms with Crippen molar-refractivity contribution in [3.05, 3.63) is 47.1 Å². The minimum absolute atomic E-state index is 0.164. The predicted molar refractivity (Wildman–Crippen MR) is 87.5 cm³/mol. The molecule has 0 atom stereocenters. The van der Waals surface area contributed by atoms with E-state index in [1.807, 2.05) is 0 Å². The van der Waals surface area contributed by atoms with E-state index in [9.17, 15) is 14.0 Å². The lowest BCUT2D eigenvalue weighted by molar-refractivity contribution is -0.114. The van der Waals surface area contributed by atoms with Crippen molar-refractivity contribution in [1.29, 1.82) is 0 Å². The van der Waals surface area contributed by atoms with E-state index in [0.29, 0.717) is 16.4 Å². The molecule has 2 amide bonds. The molecular formula is C16H17FN2O3S. The molecule has 1 heterocycles. The average Bonchev–Trinajstić information content (AvgIpc) is 2.96. The minimum atomic E-state index is -0.431. The lowest BCUT2D eigenvalue weighted by Gasteiger charge is -2.16. The first-order valence-corrected chi connectivity index (χ1v) is 7.79. The van der Waals surface area contributed by atoms with Crippen molar-refractivity contribution in [3.8, 4) is 5.75 Å². The SMILES string of the molecule is CC(=O)Nc1ccc(C(=O)N(C)CCOc2ccccc2F)s1. The topological polar surface area (TPSA) is 58.6 Å². The van der Waals surface area contributed by atoms with Gasteiger partial charge in [0.05, 0.1) is 16.4 Å². The molecule has 1 aromatic carbocycles. The van der Waals surface area contributed by atoms with E-state index in [2.05, 4.69) is 5.32 Å². The zero-order valence-electron chi connectivity index (χ0n) is 12.8. The first kappa shape index (κ1) is 17.0. The van der Waals surface area contributed by atoms with Gasteiger partial charge >= 0.3 is 0 Å². The van der Waals surface area contributed by atoms with Crippen LogP contribution < -0.4 is 10.1 Å². The van der Waals surface area contributed by atoms with Gasteiger partial charge in [0.15, 0.2) is 11.6 Å². The summed E-state index contributed by atoms with van der Waals surface area (Å²) in [4.78, 5) is 25.2. The molecule has 0 saturated carbocycles. The summed E-state index contributed by atoms with van der Waals surface area (Å²) in [6, 6.07) is 9.47. The number of benzene rings is 1. The fraction of sp³-hybridized carbons (Fsp3) is 0.250. The molecule has 0 fully saturated rings. The molecule has 0 spiro atoms. The van der Waals surface area contributed by atoms with Gasteiger partial charge in [0.25, 0.3) is 5.91 Å². The van der Waals surface area contributed by atoms with Crippen LogP contribution in [0.2, 0.25) is 0 Å². The van der Waals surface area contributed by atoms with E-state index < -0.39 is 5.82 Å². The second-order valence-electron chi connectivity index (χ2n) is 4.85. The second kappa shape index (κ2) is 7.73. The standard InChI is InChI=1S/C16H17FN2O3S/c1-11(20)18-15-8-7-14(23-15)16(21)19(2)9-10-22-13-6-4-3-5-12(13)17/h3-8H,9-10H2,1-2H3,(H,18,20). The van der Waals surface area contributed by atoms with Gasteiger partial charge in [-0.1, -0.05) is 12.1 Å². The number of hydrogen-bond acceptors (Lipinski definition) is 4. The van der Waals surface area contributed by atoms with Crippen molar-refractivity contribution in [1.82, 2.24) is 4.90 Å². The first-order valence-electron chi connectivity index (χ1n) is 6.97. The van der Waals surface area contributed by atoms with Gasteiger partial charge in [-0.25, -0.2) is 4.39 Å². The lowest BCUT2D eigenvalue weighted by Crippen LogP contribution is -2.30. The summed E-state index contributed by atoms with van der Waals surface area (Å²) in [5, 5.41) is 3.25. The van der Waals surface area contributed by atoms with E-state index in [1.165, 1.54) is 35.3 Å². The van der Waals surface area contributed by atoms with E-state index in [-0.39, 0.29) is 24.2 Å². The Morgan fingerprint density at radius 3 is 2.70 bits per heavy atom. The molecule has 1 aromatic heterocycles. The smallest absolute Gasteiger partial charge is 0.263 e. The van der Waals surface area contributed by atoms with Crippen molar-refractivity contribution >= 4 is 28.2 Å². The van der Waals surface area contributed by atoms with E-state index in [1.54, 1.807) is 31.3 Å². The summed E-state index contributed by atoms with van der Waals surface area (Å²) in [5.74, 6) is -0.627. The Balaban J connectivity index is 1.86. The summed E-state index contributed by atoms with van der Waals surface area (Å²) < 4.78 is 18.7. The quantitative estimate of drug-likeness (QED) is 0.882. The van der Waals surface area contributed by atoms with E-state index in [4.69, 9.17) is 4.74 Å². The molecule has 0 aliphatic rings. The van der Waals surface area contributed by atoms with Crippen LogP contribution in [-0.4, -0.2) is 36.9 Å². The van der Waals surface area contributed by atoms with Gasteiger partial charge in [0.2, 0.25) is 5.91 Å². The van der Waals surface area contributed by atoms with Crippen LogP contribution in [0.4, 0.5) is 9.39 Å². The van der Waals surface area contributed by atoms with Crippen molar-refractivity contribution in [2.45, 2.75) is 6.92 Å². The molecule has 0 unspecified atom stereocenters. The molecule has 0 radical (unpaired) electrons. The normalized spacial score (nSPS) is 10.2. The Labute approximate surface area is 137 Å². The maximum Gasteiger partial charge on any atom is 0.263 e. The van der Waals surface area contributed by atoms with Crippen LogP contribution in [-0.2, 0) is 4.79 Å². The van der Waals surface area contributed by atoms with Gasteiger partial charge in [0.1, 0.15) is 6.61 Å². The molecule has 23 heavy (non-hydrogen) atoms. The number of nitrogens with zero attached hydrogens (tertiary/aromatic N) is 1. The summed E-state index contributed by atoms with van der Waals surface area (Å²) in [5.41, 5.74) is 0. The Kier molecular flexibility index (Phi) is 5.70. The third-order valence-corrected chi connectivity index (χ3v) is 3.97. The maximum absolute atomic E-state index is 13.4. The highest BCUT2D eigenvalue weighted by Crippen LogP contribution is 2.23. The fourth-order valence-corrected chi connectivity index (χ4v) is 2.78. The number of halogens is 1. The number of para-hydroxylation sites is 1. The van der Waals surface area contributed by atoms with Gasteiger partial charge in [-0.3, -0.25) is 9.59 Å². The molecule has 0 aliphatic heterocycles. The van der Waals surface area contributed by atoms with Gasteiger partial charge in [-0.2, -0.15) is 0 Å². The number of rotatable bonds is 6. The fourth-order valence-electron chi connectivity index (χ4n) is 1.84. The van der Waals surface area contributed by atoms with Crippen LogP contribution >= 0.6 is 11.3 Å². The predicted octanol–water partition coefficient (Wildman–Crippen LogP) is 3.00. The number of likely N-dealkylation sites (N-methyl/N-ethyl adjacent to an activating group) is 1. The highest BCUT2D eigenvalue weighted by atomic mass is 32.1. The van der Waals surface area contributed by atoms with Crippen molar-refractivity contribution in [2.75, 3.05) is 25.5 Å². The summed E-state index contributed by atoms with van der Waals surface area (Å²) >= 11 is 1.21. The van der Waals surface area contributed by atoms with Gasteiger partial charge < -0.3 is 15.0 Å². The minimum Gasteiger partial charge on any atom is -0.489 e. The average molecular weight is 336 g/mol. The number of carbonyl (C=O) groups is 2. The lowest BCUT2D eigenvalue weighted by atomic mass is 10.3. The van der Waals surface area contributed by atoms with Crippen LogP contribution in [0.5, 0.6) is 5.75 Å². The first-order chi connectivity index (χ1) is 11.0. The Morgan fingerprint density at radius 2 is 2.00 bits per heavy atom. The molecule has 1 N–H and O–H groups in total. The van der Waals surface area contributed by atoms with Gasteiger partial charge in [-0.15, -0.1) is 11.3 Å². The van der Waals surface area contributed by atoms with Crippen LogP contribution in [0.25, 0.3) is 0 Å². The van der Waals surface area contributed by atoms with Crippen molar-refractivity contribution in [2.24, 2.45) is 0 Å². The highest BCUT2D eigenvalue weighted by molar-refractivity contribution is 7.18. The molecule has 0 saturated heterocycles. The molecular weight excluding hydrogens is 319 g/mol. The Bertz CT molecular complexity index is 702. The Morgan fingerprint density at radius 1 is 1.26 bits per heavy atom. The third-order valence-electron chi connectivity index (χ3n) is 2.98. The van der Waals surface area contributed by atoms with Crippen LogP contribution in [0.3, 0.4) is 0 Å². The molecule has 5 nitrogen and oxygen atoms in total. The monoisotopic (exact) mass is 336 g/mol. The molecule has 122 valence electrons. The number of ether oxygens (including phenoxy) is 1. The van der Waals surface area contributed by atoms with Crippen LogP contribution in [0.15, 0.2) is 36.4 Å². The number of anilines is 1. The number of hydrogen-bond donors (Lipinski definition) is 1. The van der Waals surface area contributed by atoms with Crippen LogP contribution in [0, 0.1) is 5.82 Å². The van der Waals surface area contributed by atoms with Gasteiger partial charge in [-0.05, 0) is 24.3 Å². The summed E-state index contributed by atoms with van der Waals surface area (Å²) in [6.07, 6.45) is 0. The molecule has 2 aromatic rings. The highest BCUT2D eigenvalue weighted by Gasteiger charge is 2.15. The zero-order chi connectivity index (χ0) is 16.8. The number of amides is 2. The third kappa shape index (κ3) is 4.79. The number of carbonyl (C=O) groups excluding carboxylic acids is 2.